The zero-order valence-electron chi connectivity index (χ0n) is 21.4. The third-order valence-electron chi connectivity index (χ3n) is 7.14. The summed E-state index contributed by atoms with van der Waals surface area (Å²) in [4.78, 5) is 19.2. The second-order valence-corrected chi connectivity index (χ2v) is 9.15. The zero-order valence-corrected chi connectivity index (χ0v) is 21.4. The van der Waals surface area contributed by atoms with Crippen LogP contribution in [0.15, 0.2) is 60.7 Å². The average Bonchev–Trinajstić information content (AvgIpc) is 3.58. The van der Waals surface area contributed by atoms with Crippen LogP contribution in [-0.4, -0.2) is 50.5 Å². The van der Waals surface area contributed by atoms with Crippen LogP contribution in [0, 0.1) is 0 Å². The van der Waals surface area contributed by atoms with E-state index in [9.17, 15) is 4.79 Å². The number of benzene rings is 3. The Hall–Kier alpha value is -4.59. The molecule has 1 atom stereocenters. The average molecular weight is 513 g/mol. The van der Waals surface area contributed by atoms with Gasteiger partial charge in [-0.25, -0.2) is 0 Å². The summed E-state index contributed by atoms with van der Waals surface area (Å²) < 4.78 is 27.5. The lowest BCUT2D eigenvalue weighted by Crippen LogP contribution is -2.39. The molecule has 1 aromatic heterocycles. The van der Waals surface area contributed by atoms with Crippen LogP contribution >= 0.6 is 0 Å². The van der Waals surface area contributed by atoms with Gasteiger partial charge in [0.1, 0.15) is 0 Å². The molecule has 0 aliphatic carbocycles. The first-order valence-corrected chi connectivity index (χ1v) is 12.4. The molecule has 0 bridgehead atoms. The number of nitrogens with zero attached hydrogens (tertiary/aromatic N) is 1. The van der Waals surface area contributed by atoms with Gasteiger partial charge in [-0.3, -0.25) is 4.79 Å². The molecule has 0 spiro atoms. The van der Waals surface area contributed by atoms with Crippen molar-refractivity contribution < 1.29 is 28.5 Å². The number of hydrogen-bond acceptors (Lipinski definition) is 6. The minimum absolute atomic E-state index is 0.106. The number of hydrogen-bond donors (Lipinski definition) is 1. The number of carbonyl (C=O) groups excluding carboxylic acids is 1. The number of aromatic amines is 1. The molecule has 6 rings (SSSR count). The van der Waals surface area contributed by atoms with Gasteiger partial charge < -0.3 is 33.6 Å². The summed E-state index contributed by atoms with van der Waals surface area (Å²) >= 11 is 0. The molecule has 2 aliphatic heterocycles. The number of methoxy groups -OCH3 is 3. The molecule has 3 heterocycles. The number of ether oxygens (including phenoxy) is 5. The van der Waals surface area contributed by atoms with E-state index >= 15 is 0 Å². The molecule has 1 amide bonds. The summed E-state index contributed by atoms with van der Waals surface area (Å²) in [6.07, 6.45) is 4.11. The maximum atomic E-state index is 13.7. The number of amides is 1. The van der Waals surface area contributed by atoms with Gasteiger partial charge in [0, 0.05) is 29.2 Å². The molecule has 194 valence electrons. The summed E-state index contributed by atoms with van der Waals surface area (Å²) in [6, 6.07) is 17.5. The van der Waals surface area contributed by atoms with E-state index in [1.165, 1.54) is 10.9 Å². The second-order valence-electron chi connectivity index (χ2n) is 9.15. The number of para-hydroxylation sites is 1. The van der Waals surface area contributed by atoms with Crippen LogP contribution in [0.2, 0.25) is 0 Å². The Bertz CT molecular complexity index is 1530. The van der Waals surface area contributed by atoms with Crippen molar-refractivity contribution >= 4 is 22.9 Å². The molecule has 8 heteroatoms. The molecule has 0 radical (unpaired) electrons. The van der Waals surface area contributed by atoms with Gasteiger partial charge in [-0.2, -0.15) is 0 Å². The molecule has 8 nitrogen and oxygen atoms in total. The molecule has 38 heavy (non-hydrogen) atoms. The Kier molecular flexibility index (Phi) is 6.07. The Morgan fingerprint density at radius 2 is 1.74 bits per heavy atom. The number of rotatable bonds is 6. The van der Waals surface area contributed by atoms with Crippen molar-refractivity contribution in [1.82, 2.24) is 9.88 Å². The highest BCUT2D eigenvalue weighted by atomic mass is 16.7. The van der Waals surface area contributed by atoms with Gasteiger partial charge in [-0.1, -0.05) is 24.3 Å². The molecule has 0 saturated heterocycles. The Morgan fingerprint density at radius 3 is 2.50 bits per heavy atom. The van der Waals surface area contributed by atoms with Crippen molar-refractivity contribution in [2.75, 3.05) is 34.7 Å². The van der Waals surface area contributed by atoms with E-state index in [1.54, 1.807) is 33.5 Å². The molecule has 0 saturated carbocycles. The quantitative estimate of drug-likeness (QED) is 0.362. The molecule has 4 aromatic rings. The minimum atomic E-state index is -0.308. The largest absolute Gasteiger partial charge is 0.493 e. The van der Waals surface area contributed by atoms with Crippen molar-refractivity contribution in [3.63, 3.8) is 0 Å². The fraction of sp³-hybridized carbons (Fsp3) is 0.233. The van der Waals surface area contributed by atoms with Gasteiger partial charge in [0.2, 0.25) is 18.4 Å². The van der Waals surface area contributed by atoms with Crippen molar-refractivity contribution in [2.24, 2.45) is 0 Å². The molecular formula is C30H28N2O6. The zero-order chi connectivity index (χ0) is 26.2. The van der Waals surface area contributed by atoms with Crippen molar-refractivity contribution in [2.45, 2.75) is 12.5 Å². The summed E-state index contributed by atoms with van der Waals surface area (Å²) in [5.74, 6) is 2.85. The van der Waals surface area contributed by atoms with Gasteiger partial charge >= 0.3 is 0 Å². The number of aromatic nitrogens is 1. The van der Waals surface area contributed by atoms with Crippen LogP contribution in [-0.2, 0) is 11.2 Å². The number of nitrogens with one attached hydrogen (secondary N) is 1. The minimum Gasteiger partial charge on any atom is -0.493 e. The Labute approximate surface area is 220 Å². The first kappa shape index (κ1) is 23.8. The van der Waals surface area contributed by atoms with Crippen molar-refractivity contribution in [1.29, 1.82) is 0 Å². The van der Waals surface area contributed by atoms with Gasteiger partial charge in [0.15, 0.2) is 23.0 Å². The summed E-state index contributed by atoms with van der Waals surface area (Å²) in [5.41, 5.74) is 5.03. The fourth-order valence-electron chi connectivity index (χ4n) is 5.37. The van der Waals surface area contributed by atoms with Crippen molar-refractivity contribution in [3.05, 3.63) is 83.1 Å². The Morgan fingerprint density at radius 1 is 0.974 bits per heavy atom. The first-order chi connectivity index (χ1) is 18.6. The number of fused-ring (bicyclic) bond motifs is 4. The van der Waals surface area contributed by atoms with E-state index in [4.69, 9.17) is 23.7 Å². The molecule has 1 N–H and O–H groups in total. The lowest BCUT2D eigenvalue weighted by molar-refractivity contribution is -0.128. The van der Waals surface area contributed by atoms with Crippen LogP contribution < -0.4 is 23.7 Å². The molecule has 2 aliphatic rings. The topological polar surface area (TPSA) is 82.3 Å². The lowest BCUT2D eigenvalue weighted by Gasteiger charge is -2.35. The molecule has 0 fully saturated rings. The van der Waals surface area contributed by atoms with Crippen LogP contribution in [0.25, 0.3) is 17.0 Å². The highest BCUT2D eigenvalue weighted by Crippen LogP contribution is 2.42. The predicted molar refractivity (Wildman–Crippen MR) is 143 cm³/mol. The SMILES string of the molecule is COc1cc(C=CC(=O)N2CCc3c([nH]c4ccccc34)C2c2ccc3c(c2)OCO3)cc(OC)c1OC. The fourth-order valence-corrected chi connectivity index (χ4v) is 5.37. The van der Waals surface area contributed by atoms with E-state index < -0.39 is 0 Å². The van der Waals surface area contributed by atoms with E-state index in [0.29, 0.717) is 35.3 Å². The van der Waals surface area contributed by atoms with Gasteiger partial charge in [0.25, 0.3) is 0 Å². The summed E-state index contributed by atoms with van der Waals surface area (Å²) in [6.45, 7) is 0.771. The van der Waals surface area contributed by atoms with Gasteiger partial charge in [-0.05, 0) is 59.5 Å². The molecular weight excluding hydrogens is 484 g/mol. The van der Waals surface area contributed by atoms with E-state index in [-0.39, 0.29) is 18.7 Å². The van der Waals surface area contributed by atoms with E-state index in [1.807, 2.05) is 47.4 Å². The maximum Gasteiger partial charge on any atom is 0.247 e. The number of H-pyrrole nitrogens is 1. The summed E-state index contributed by atoms with van der Waals surface area (Å²) in [5, 5.41) is 1.19. The Balaban J connectivity index is 1.39. The molecule has 1 unspecified atom stereocenters. The second kappa shape index (κ2) is 9.70. The van der Waals surface area contributed by atoms with Crippen LogP contribution in [0.4, 0.5) is 0 Å². The van der Waals surface area contributed by atoms with Crippen molar-refractivity contribution in [3.8, 4) is 28.7 Å². The highest BCUT2D eigenvalue weighted by molar-refractivity contribution is 5.93. The van der Waals surface area contributed by atoms with Crippen LogP contribution in [0.1, 0.15) is 28.4 Å². The number of carbonyl (C=O) groups is 1. The van der Waals surface area contributed by atoms with E-state index in [2.05, 4.69) is 17.1 Å². The summed E-state index contributed by atoms with van der Waals surface area (Å²) in [7, 11) is 4.69. The van der Waals surface area contributed by atoms with Crippen LogP contribution in [0.3, 0.4) is 0 Å². The van der Waals surface area contributed by atoms with E-state index in [0.717, 1.165) is 28.8 Å². The third kappa shape index (κ3) is 3.98. The third-order valence-corrected chi connectivity index (χ3v) is 7.14. The first-order valence-electron chi connectivity index (χ1n) is 12.4. The standard InChI is InChI=1S/C30H28N2O6/c1-34-25-14-18(15-26(35-2)30(25)36-3)8-11-27(33)32-13-12-21-20-6-4-5-7-22(20)31-28(21)29(32)19-9-10-23-24(16-19)38-17-37-23/h4-11,14-16,29,31H,12-13,17H2,1-3H3. The maximum absolute atomic E-state index is 13.7. The normalized spacial score (nSPS) is 16.1. The smallest absolute Gasteiger partial charge is 0.247 e. The predicted octanol–water partition coefficient (Wildman–Crippen LogP) is 5.11. The lowest BCUT2D eigenvalue weighted by atomic mass is 9.92. The molecule has 3 aromatic carbocycles. The highest BCUT2D eigenvalue weighted by Gasteiger charge is 2.34. The van der Waals surface area contributed by atoms with Gasteiger partial charge in [0.05, 0.1) is 27.4 Å². The van der Waals surface area contributed by atoms with Gasteiger partial charge in [-0.15, -0.1) is 0 Å². The van der Waals surface area contributed by atoms with Crippen LogP contribution in [0.5, 0.6) is 28.7 Å². The monoisotopic (exact) mass is 512 g/mol.